The summed E-state index contributed by atoms with van der Waals surface area (Å²) in [6.45, 7) is 1.73. The van der Waals surface area contributed by atoms with Crippen LogP contribution in [0.4, 0.5) is 5.69 Å². The highest BCUT2D eigenvalue weighted by molar-refractivity contribution is 8.00. The van der Waals surface area contributed by atoms with E-state index >= 15 is 0 Å². The Morgan fingerprint density at radius 3 is 2.43 bits per heavy atom. The summed E-state index contributed by atoms with van der Waals surface area (Å²) < 4.78 is 6.68. The van der Waals surface area contributed by atoms with Gasteiger partial charge in [0.15, 0.2) is 0 Å². The number of carbonyl (C=O) groups is 1. The first kappa shape index (κ1) is 20.7. The molecular formula is C17H14Cl3N5O2S. The molecule has 7 nitrogen and oxygen atoms in total. The molecule has 3 aromatic rings. The monoisotopic (exact) mass is 457 g/mol. The number of rotatable bonds is 6. The molecule has 0 saturated carbocycles. The predicted molar refractivity (Wildman–Crippen MR) is 111 cm³/mol. The zero-order valence-corrected chi connectivity index (χ0v) is 17.8. The highest BCUT2D eigenvalue weighted by Gasteiger charge is 2.21. The minimum absolute atomic E-state index is 0.256. The van der Waals surface area contributed by atoms with Gasteiger partial charge in [0.25, 0.3) is 0 Å². The van der Waals surface area contributed by atoms with Crippen molar-refractivity contribution in [1.29, 1.82) is 0 Å². The van der Waals surface area contributed by atoms with Gasteiger partial charge < -0.3 is 10.1 Å². The molecule has 1 amide bonds. The van der Waals surface area contributed by atoms with Crippen molar-refractivity contribution in [3.05, 3.63) is 51.5 Å². The summed E-state index contributed by atoms with van der Waals surface area (Å²) >= 11 is 19.3. The van der Waals surface area contributed by atoms with Gasteiger partial charge in [-0.2, -0.15) is 4.68 Å². The minimum atomic E-state index is -0.522. The summed E-state index contributed by atoms with van der Waals surface area (Å²) in [5, 5.41) is 15.2. The maximum atomic E-state index is 12.6. The molecule has 1 N–H and O–H groups in total. The van der Waals surface area contributed by atoms with Crippen molar-refractivity contribution >= 4 is 58.2 Å². The molecule has 28 heavy (non-hydrogen) atoms. The number of benzene rings is 2. The highest BCUT2D eigenvalue weighted by Crippen LogP contribution is 2.34. The highest BCUT2D eigenvalue weighted by atomic mass is 35.5. The second-order valence-electron chi connectivity index (χ2n) is 5.57. The molecule has 0 saturated heterocycles. The number of tetrazole rings is 1. The van der Waals surface area contributed by atoms with Crippen LogP contribution >= 0.6 is 46.6 Å². The third kappa shape index (κ3) is 4.70. The second-order valence-corrected chi connectivity index (χ2v) is 8.12. The average Bonchev–Trinajstić information content (AvgIpc) is 3.12. The topological polar surface area (TPSA) is 81.9 Å². The average molecular weight is 459 g/mol. The van der Waals surface area contributed by atoms with Gasteiger partial charge in [0.05, 0.1) is 33.8 Å². The van der Waals surface area contributed by atoms with Gasteiger partial charge in [-0.1, -0.05) is 46.6 Å². The van der Waals surface area contributed by atoms with E-state index in [0.29, 0.717) is 15.9 Å². The number of aromatic nitrogens is 4. The van der Waals surface area contributed by atoms with Crippen LogP contribution in [0.25, 0.3) is 5.69 Å². The number of hydrogen-bond donors (Lipinski definition) is 1. The lowest BCUT2D eigenvalue weighted by Gasteiger charge is -2.14. The lowest BCUT2D eigenvalue weighted by atomic mass is 10.3. The zero-order valence-electron chi connectivity index (χ0n) is 14.7. The van der Waals surface area contributed by atoms with Crippen molar-refractivity contribution < 1.29 is 9.53 Å². The van der Waals surface area contributed by atoms with Crippen LogP contribution in [0.2, 0.25) is 15.1 Å². The van der Waals surface area contributed by atoms with Crippen molar-refractivity contribution in [2.75, 3.05) is 12.4 Å². The van der Waals surface area contributed by atoms with Crippen LogP contribution in [0.1, 0.15) is 6.92 Å². The fraction of sp³-hybridized carbons (Fsp3) is 0.176. The van der Waals surface area contributed by atoms with E-state index in [2.05, 4.69) is 20.8 Å². The first-order valence-corrected chi connectivity index (χ1v) is 9.95. The molecule has 0 bridgehead atoms. The van der Waals surface area contributed by atoms with E-state index in [4.69, 9.17) is 39.5 Å². The number of thioether (sulfide) groups is 1. The van der Waals surface area contributed by atoms with Crippen LogP contribution < -0.4 is 10.1 Å². The molecule has 11 heteroatoms. The van der Waals surface area contributed by atoms with Crippen LogP contribution in [0, 0.1) is 0 Å². The van der Waals surface area contributed by atoms with Gasteiger partial charge in [0, 0.05) is 5.02 Å². The first-order valence-electron chi connectivity index (χ1n) is 7.94. The van der Waals surface area contributed by atoms with Gasteiger partial charge >= 0.3 is 0 Å². The van der Waals surface area contributed by atoms with E-state index in [1.54, 1.807) is 26.2 Å². The van der Waals surface area contributed by atoms with Crippen molar-refractivity contribution in [2.24, 2.45) is 0 Å². The standard InChI is InChI=1S/C17H14Cl3N5O2S/c1-9(16(26)21-15-13(19)7-10(18)8-14(15)20)28-17-22-23-24-25(17)11-3-5-12(27-2)6-4-11/h3-9H,1-2H3,(H,21,26). The Labute approximate surface area is 180 Å². The molecule has 2 aromatic carbocycles. The number of halogens is 3. The summed E-state index contributed by atoms with van der Waals surface area (Å²) in [5.41, 5.74) is 1.05. The fourth-order valence-corrected chi connectivity index (χ4v) is 3.96. The summed E-state index contributed by atoms with van der Waals surface area (Å²) in [6, 6.07) is 10.2. The SMILES string of the molecule is COc1ccc(-n2nnnc2SC(C)C(=O)Nc2c(Cl)cc(Cl)cc2Cl)cc1. The van der Waals surface area contributed by atoms with Gasteiger partial charge in [-0.25, -0.2) is 0 Å². The van der Waals surface area contributed by atoms with E-state index in [1.807, 2.05) is 12.1 Å². The van der Waals surface area contributed by atoms with E-state index in [-0.39, 0.29) is 16.0 Å². The number of nitrogens with one attached hydrogen (secondary N) is 1. The molecule has 0 radical (unpaired) electrons. The molecule has 1 aromatic heterocycles. The van der Waals surface area contributed by atoms with Crippen LogP contribution in [-0.4, -0.2) is 38.5 Å². The molecule has 1 atom stereocenters. The Bertz CT molecular complexity index is 974. The zero-order chi connectivity index (χ0) is 20.3. The molecule has 0 fully saturated rings. The number of ether oxygens (including phenoxy) is 1. The largest absolute Gasteiger partial charge is 0.497 e. The van der Waals surface area contributed by atoms with Crippen molar-refractivity contribution in [1.82, 2.24) is 20.2 Å². The van der Waals surface area contributed by atoms with E-state index in [0.717, 1.165) is 11.4 Å². The maximum absolute atomic E-state index is 12.6. The van der Waals surface area contributed by atoms with Crippen LogP contribution in [0.15, 0.2) is 41.6 Å². The molecule has 3 rings (SSSR count). The van der Waals surface area contributed by atoms with Crippen molar-refractivity contribution in [2.45, 2.75) is 17.3 Å². The molecule has 146 valence electrons. The van der Waals surface area contributed by atoms with E-state index < -0.39 is 5.25 Å². The third-order valence-electron chi connectivity index (χ3n) is 3.66. The van der Waals surface area contributed by atoms with Crippen LogP contribution in [0.5, 0.6) is 5.75 Å². The molecule has 0 aliphatic rings. The van der Waals surface area contributed by atoms with Crippen LogP contribution in [0.3, 0.4) is 0 Å². The molecule has 1 unspecified atom stereocenters. The molecule has 0 spiro atoms. The van der Waals surface area contributed by atoms with Crippen molar-refractivity contribution in [3.63, 3.8) is 0 Å². The number of hydrogen-bond acceptors (Lipinski definition) is 6. The minimum Gasteiger partial charge on any atom is -0.497 e. The van der Waals surface area contributed by atoms with Gasteiger partial charge in [0.1, 0.15) is 5.75 Å². The lowest BCUT2D eigenvalue weighted by Crippen LogP contribution is -2.23. The Morgan fingerprint density at radius 1 is 1.18 bits per heavy atom. The molecular weight excluding hydrogens is 445 g/mol. The normalized spacial score (nSPS) is 11.9. The lowest BCUT2D eigenvalue weighted by molar-refractivity contribution is -0.115. The Morgan fingerprint density at radius 2 is 1.82 bits per heavy atom. The number of methoxy groups -OCH3 is 1. The Balaban J connectivity index is 1.74. The van der Waals surface area contributed by atoms with E-state index in [1.165, 1.54) is 28.6 Å². The Kier molecular flexibility index (Phi) is 6.66. The summed E-state index contributed by atoms with van der Waals surface area (Å²) in [7, 11) is 1.59. The number of carbonyl (C=O) groups excluding carboxylic acids is 1. The summed E-state index contributed by atoms with van der Waals surface area (Å²) in [5.74, 6) is 0.413. The first-order chi connectivity index (χ1) is 13.4. The smallest absolute Gasteiger partial charge is 0.237 e. The molecule has 0 aliphatic carbocycles. The number of amides is 1. The number of nitrogens with zero attached hydrogens (tertiary/aromatic N) is 4. The van der Waals surface area contributed by atoms with E-state index in [9.17, 15) is 4.79 Å². The third-order valence-corrected chi connectivity index (χ3v) is 5.51. The predicted octanol–water partition coefficient (Wildman–Crippen LogP) is 4.75. The van der Waals surface area contributed by atoms with Gasteiger partial charge in [0.2, 0.25) is 11.1 Å². The summed E-state index contributed by atoms with van der Waals surface area (Å²) in [4.78, 5) is 12.6. The van der Waals surface area contributed by atoms with Gasteiger partial charge in [-0.15, -0.1) is 5.10 Å². The van der Waals surface area contributed by atoms with Gasteiger partial charge in [-0.05, 0) is 53.7 Å². The van der Waals surface area contributed by atoms with Gasteiger partial charge in [-0.3, -0.25) is 4.79 Å². The maximum Gasteiger partial charge on any atom is 0.237 e. The van der Waals surface area contributed by atoms with Crippen molar-refractivity contribution in [3.8, 4) is 11.4 Å². The van der Waals surface area contributed by atoms with Crippen LogP contribution in [-0.2, 0) is 4.79 Å². The fourth-order valence-electron chi connectivity index (χ4n) is 2.24. The molecule has 0 aliphatic heterocycles. The molecule has 1 heterocycles. The quantitative estimate of drug-likeness (QED) is 0.537. The second kappa shape index (κ2) is 9.00. The summed E-state index contributed by atoms with van der Waals surface area (Å²) in [6.07, 6.45) is 0. The Hall–Kier alpha value is -2.00. The number of anilines is 1.